The second-order valence-corrected chi connectivity index (χ2v) is 5.25. The van der Waals surface area contributed by atoms with Crippen molar-refractivity contribution in [2.45, 2.75) is 19.9 Å². The Balaban J connectivity index is 1.95. The number of nitrogens with one attached hydrogen (secondary N) is 2. The van der Waals surface area contributed by atoms with Crippen molar-refractivity contribution in [1.29, 1.82) is 0 Å². The molecule has 0 spiro atoms. The fourth-order valence-electron chi connectivity index (χ4n) is 2.46. The van der Waals surface area contributed by atoms with Gasteiger partial charge in [-0.25, -0.2) is 0 Å². The maximum absolute atomic E-state index is 12.2. The van der Waals surface area contributed by atoms with Crippen LogP contribution in [-0.2, 0) is 4.79 Å². The Hall–Kier alpha value is -1.55. The third-order valence-electron chi connectivity index (χ3n) is 3.83. The number of carbonyl (C=O) groups is 1. The van der Waals surface area contributed by atoms with Gasteiger partial charge in [-0.3, -0.25) is 4.79 Å². The van der Waals surface area contributed by atoms with E-state index in [9.17, 15) is 4.79 Å². The molecule has 0 aliphatic carbocycles. The van der Waals surface area contributed by atoms with Crippen molar-refractivity contribution in [3.05, 3.63) is 29.8 Å². The van der Waals surface area contributed by atoms with Gasteiger partial charge >= 0.3 is 0 Å². The standard InChI is InChI=1S/C15H22N2O2/c1-10-8-16-9-14(10)15(18)17-11(2)12-4-6-13(19-3)7-5-12/h4-7,10-11,14,16H,8-9H2,1-3H3,(H,17,18)/t10-,11+,14-/m1/s1. The van der Waals surface area contributed by atoms with Crippen molar-refractivity contribution in [2.75, 3.05) is 20.2 Å². The average Bonchev–Trinajstić information content (AvgIpc) is 2.85. The molecule has 0 unspecified atom stereocenters. The summed E-state index contributed by atoms with van der Waals surface area (Å²) >= 11 is 0. The molecule has 3 atom stereocenters. The fourth-order valence-corrected chi connectivity index (χ4v) is 2.46. The summed E-state index contributed by atoms with van der Waals surface area (Å²) in [6.07, 6.45) is 0. The zero-order valence-corrected chi connectivity index (χ0v) is 11.8. The van der Waals surface area contributed by atoms with Gasteiger partial charge in [-0.1, -0.05) is 19.1 Å². The van der Waals surface area contributed by atoms with E-state index in [0.29, 0.717) is 5.92 Å². The summed E-state index contributed by atoms with van der Waals surface area (Å²) in [5.41, 5.74) is 1.09. The predicted molar refractivity (Wildman–Crippen MR) is 75.1 cm³/mol. The Morgan fingerprint density at radius 2 is 2.05 bits per heavy atom. The van der Waals surface area contributed by atoms with Gasteiger partial charge in [0.1, 0.15) is 5.75 Å². The van der Waals surface area contributed by atoms with E-state index < -0.39 is 0 Å². The van der Waals surface area contributed by atoms with Crippen LogP contribution < -0.4 is 15.4 Å². The quantitative estimate of drug-likeness (QED) is 0.869. The summed E-state index contributed by atoms with van der Waals surface area (Å²) in [6, 6.07) is 7.82. The molecule has 1 aliphatic heterocycles. The number of methoxy groups -OCH3 is 1. The average molecular weight is 262 g/mol. The number of amides is 1. The van der Waals surface area contributed by atoms with Crippen LogP contribution in [0.3, 0.4) is 0 Å². The molecule has 1 aromatic carbocycles. The Kier molecular flexibility index (Phi) is 4.43. The van der Waals surface area contributed by atoms with Crippen LogP contribution in [0.1, 0.15) is 25.5 Å². The molecule has 0 aromatic heterocycles. The van der Waals surface area contributed by atoms with Gasteiger partial charge in [-0.05, 0) is 37.1 Å². The molecule has 1 fully saturated rings. The van der Waals surface area contributed by atoms with Gasteiger partial charge in [-0.15, -0.1) is 0 Å². The summed E-state index contributed by atoms with van der Waals surface area (Å²) in [6.45, 7) is 5.83. The third kappa shape index (κ3) is 3.26. The summed E-state index contributed by atoms with van der Waals surface area (Å²) < 4.78 is 5.13. The molecule has 1 heterocycles. The number of benzene rings is 1. The molecule has 104 valence electrons. The van der Waals surface area contributed by atoms with Crippen LogP contribution in [0, 0.1) is 11.8 Å². The van der Waals surface area contributed by atoms with E-state index in [-0.39, 0.29) is 17.9 Å². The second-order valence-electron chi connectivity index (χ2n) is 5.25. The van der Waals surface area contributed by atoms with Crippen molar-refractivity contribution in [2.24, 2.45) is 11.8 Å². The molecule has 1 amide bonds. The molecular weight excluding hydrogens is 240 g/mol. The first-order chi connectivity index (χ1) is 9.11. The van der Waals surface area contributed by atoms with Gasteiger partial charge in [0, 0.05) is 6.54 Å². The minimum absolute atomic E-state index is 0.0196. The SMILES string of the molecule is COc1ccc([C@H](C)NC(=O)[C@@H]2CNC[C@H]2C)cc1. The van der Waals surface area contributed by atoms with Crippen molar-refractivity contribution in [3.8, 4) is 5.75 Å². The lowest BCUT2D eigenvalue weighted by atomic mass is 9.96. The van der Waals surface area contributed by atoms with Crippen LogP contribution in [-0.4, -0.2) is 26.1 Å². The molecule has 4 heteroatoms. The van der Waals surface area contributed by atoms with Crippen molar-refractivity contribution in [3.63, 3.8) is 0 Å². The van der Waals surface area contributed by atoms with Crippen LogP contribution in [0.25, 0.3) is 0 Å². The van der Waals surface area contributed by atoms with Gasteiger partial charge < -0.3 is 15.4 Å². The van der Waals surface area contributed by atoms with Crippen molar-refractivity contribution < 1.29 is 9.53 Å². The van der Waals surface area contributed by atoms with E-state index in [1.165, 1.54) is 0 Å². The summed E-state index contributed by atoms with van der Waals surface area (Å²) in [4.78, 5) is 12.2. The van der Waals surface area contributed by atoms with E-state index in [4.69, 9.17) is 4.74 Å². The summed E-state index contributed by atoms with van der Waals surface area (Å²) in [7, 11) is 1.65. The molecule has 1 aliphatic rings. The first-order valence-corrected chi connectivity index (χ1v) is 6.77. The lowest BCUT2D eigenvalue weighted by Crippen LogP contribution is -2.35. The summed E-state index contributed by atoms with van der Waals surface area (Å²) in [5.74, 6) is 1.46. The second kappa shape index (κ2) is 6.06. The Labute approximate surface area is 114 Å². The van der Waals surface area contributed by atoms with E-state index in [1.807, 2.05) is 31.2 Å². The zero-order chi connectivity index (χ0) is 13.8. The van der Waals surface area contributed by atoms with Crippen LogP contribution in [0.5, 0.6) is 5.75 Å². The lowest BCUT2D eigenvalue weighted by Gasteiger charge is -2.19. The minimum atomic E-state index is 0.0196. The first kappa shape index (κ1) is 13.9. The highest BCUT2D eigenvalue weighted by Crippen LogP contribution is 2.20. The van der Waals surface area contributed by atoms with Crippen molar-refractivity contribution >= 4 is 5.91 Å². The Morgan fingerprint density at radius 3 is 2.58 bits per heavy atom. The molecule has 2 N–H and O–H groups in total. The molecule has 0 saturated carbocycles. The number of rotatable bonds is 4. The molecule has 4 nitrogen and oxygen atoms in total. The van der Waals surface area contributed by atoms with Gasteiger partial charge in [-0.2, -0.15) is 0 Å². The van der Waals surface area contributed by atoms with Crippen LogP contribution in [0.4, 0.5) is 0 Å². The van der Waals surface area contributed by atoms with Crippen LogP contribution in [0.2, 0.25) is 0 Å². The highest BCUT2D eigenvalue weighted by atomic mass is 16.5. The van der Waals surface area contributed by atoms with Gasteiger partial charge in [0.15, 0.2) is 0 Å². The Bertz CT molecular complexity index is 430. The molecule has 0 bridgehead atoms. The predicted octanol–water partition coefficient (Wildman–Crippen LogP) is 1.73. The monoisotopic (exact) mass is 262 g/mol. The van der Waals surface area contributed by atoms with Crippen LogP contribution in [0.15, 0.2) is 24.3 Å². The number of carbonyl (C=O) groups excluding carboxylic acids is 1. The number of ether oxygens (including phenoxy) is 1. The zero-order valence-electron chi connectivity index (χ0n) is 11.8. The van der Waals surface area contributed by atoms with E-state index in [0.717, 1.165) is 24.4 Å². The molecule has 2 rings (SSSR count). The maximum Gasteiger partial charge on any atom is 0.225 e. The molecule has 1 saturated heterocycles. The fraction of sp³-hybridized carbons (Fsp3) is 0.533. The minimum Gasteiger partial charge on any atom is -0.497 e. The van der Waals surface area contributed by atoms with Crippen molar-refractivity contribution in [1.82, 2.24) is 10.6 Å². The van der Waals surface area contributed by atoms with E-state index in [2.05, 4.69) is 17.6 Å². The normalized spacial score (nSPS) is 23.9. The molecule has 1 aromatic rings. The van der Waals surface area contributed by atoms with E-state index >= 15 is 0 Å². The third-order valence-corrected chi connectivity index (χ3v) is 3.83. The first-order valence-electron chi connectivity index (χ1n) is 6.77. The smallest absolute Gasteiger partial charge is 0.225 e. The summed E-state index contributed by atoms with van der Waals surface area (Å²) in [5, 5.41) is 6.34. The highest BCUT2D eigenvalue weighted by molar-refractivity contribution is 5.80. The highest BCUT2D eigenvalue weighted by Gasteiger charge is 2.30. The largest absolute Gasteiger partial charge is 0.497 e. The molecular formula is C15H22N2O2. The maximum atomic E-state index is 12.2. The van der Waals surface area contributed by atoms with E-state index in [1.54, 1.807) is 7.11 Å². The van der Waals surface area contributed by atoms with Gasteiger partial charge in [0.2, 0.25) is 5.91 Å². The van der Waals surface area contributed by atoms with Crippen LogP contribution >= 0.6 is 0 Å². The lowest BCUT2D eigenvalue weighted by molar-refractivity contribution is -0.126. The number of hydrogen-bond acceptors (Lipinski definition) is 3. The molecule has 0 radical (unpaired) electrons. The van der Waals surface area contributed by atoms with Gasteiger partial charge in [0.05, 0.1) is 19.1 Å². The van der Waals surface area contributed by atoms with Gasteiger partial charge in [0.25, 0.3) is 0 Å². The number of hydrogen-bond donors (Lipinski definition) is 2. The molecule has 19 heavy (non-hydrogen) atoms. The topological polar surface area (TPSA) is 50.4 Å². The Morgan fingerprint density at radius 1 is 1.37 bits per heavy atom.